The quantitative estimate of drug-likeness (QED) is 0.725. The van der Waals surface area contributed by atoms with E-state index in [1.54, 1.807) is 17.4 Å². The highest BCUT2D eigenvalue weighted by Gasteiger charge is 2.23. The molecule has 0 saturated carbocycles. The maximum atomic E-state index is 12.4. The van der Waals surface area contributed by atoms with Crippen molar-refractivity contribution >= 4 is 23.3 Å². The molecule has 2 aromatic rings. The number of hydrogen-bond donors (Lipinski definition) is 0. The lowest BCUT2D eigenvalue weighted by Crippen LogP contribution is -2.41. The number of amides is 1. The smallest absolute Gasteiger partial charge is 0.246 e. The Hall–Kier alpha value is -2.14. The molecule has 5 heteroatoms. The molecule has 1 aliphatic rings. The zero-order chi connectivity index (χ0) is 18.5. The van der Waals surface area contributed by atoms with Gasteiger partial charge in [0.05, 0.1) is 10.7 Å². The van der Waals surface area contributed by atoms with E-state index < -0.39 is 0 Å². The van der Waals surface area contributed by atoms with Crippen molar-refractivity contribution in [1.82, 2.24) is 9.88 Å². The summed E-state index contributed by atoms with van der Waals surface area (Å²) in [7, 11) is 0. The van der Waals surface area contributed by atoms with Crippen LogP contribution >= 0.6 is 11.3 Å². The number of piperidine rings is 1. The van der Waals surface area contributed by atoms with Gasteiger partial charge in [0.2, 0.25) is 5.91 Å². The summed E-state index contributed by atoms with van der Waals surface area (Å²) in [6.07, 6.45) is 4.76. The van der Waals surface area contributed by atoms with Crippen LogP contribution in [0.3, 0.4) is 0 Å². The molecule has 0 aliphatic carbocycles. The molecule has 1 fully saturated rings. The van der Waals surface area contributed by atoms with Crippen LogP contribution in [0.15, 0.2) is 35.7 Å². The van der Waals surface area contributed by atoms with Gasteiger partial charge in [0.15, 0.2) is 0 Å². The molecule has 0 spiro atoms. The van der Waals surface area contributed by atoms with Gasteiger partial charge in [-0.3, -0.25) is 4.79 Å². The molecular weight excluding hydrogens is 344 g/mol. The Kier molecular flexibility index (Phi) is 6.09. The van der Waals surface area contributed by atoms with Crippen LogP contribution < -0.4 is 4.74 Å². The van der Waals surface area contributed by atoms with Crippen LogP contribution in [-0.2, 0) is 11.4 Å². The highest BCUT2D eigenvalue weighted by Crippen LogP contribution is 2.21. The minimum absolute atomic E-state index is 0.0997. The average molecular weight is 371 g/mol. The maximum absolute atomic E-state index is 12.4. The Labute approximate surface area is 159 Å². The Balaban J connectivity index is 1.53. The number of benzene rings is 1. The number of rotatable bonds is 5. The highest BCUT2D eigenvalue weighted by molar-refractivity contribution is 7.09. The van der Waals surface area contributed by atoms with E-state index in [1.165, 1.54) is 6.42 Å². The number of thiazole rings is 1. The van der Waals surface area contributed by atoms with Crippen molar-refractivity contribution in [3.8, 4) is 5.75 Å². The molecule has 1 amide bonds. The first-order valence-corrected chi connectivity index (χ1v) is 9.98. The molecule has 0 unspecified atom stereocenters. The summed E-state index contributed by atoms with van der Waals surface area (Å²) < 4.78 is 5.75. The summed E-state index contributed by atoms with van der Waals surface area (Å²) in [5, 5.41) is 3.06. The van der Waals surface area contributed by atoms with Gasteiger partial charge in [-0.2, -0.15) is 0 Å². The number of carbonyl (C=O) groups excluding carboxylic acids is 1. The molecular formula is C21H26N2O2S. The highest BCUT2D eigenvalue weighted by atomic mass is 32.1. The van der Waals surface area contributed by atoms with Crippen LogP contribution in [0.4, 0.5) is 0 Å². The summed E-state index contributed by atoms with van der Waals surface area (Å²) in [5.41, 5.74) is 1.94. The minimum atomic E-state index is 0.0997. The second-order valence-corrected chi connectivity index (χ2v) is 8.30. The molecule has 2 atom stereocenters. The zero-order valence-electron chi connectivity index (χ0n) is 15.6. The molecule has 2 heterocycles. The van der Waals surface area contributed by atoms with E-state index in [0.29, 0.717) is 18.4 Å². The topological polar surface area (TPSA) is 42.4 Å². The first-order chi connectivity index (χ1) is 12.5. The Morgan fingerprint density at radius 2 is 1.96 bits per heavy atom. The minimum Gasteiger partial charge on any atom is -0.487 e. The van der Waals surface area contributed by atoms with E-state index in [1.807, 2.05) is 47.5 Å². The predicted octanol–water partition coefficient (Wildman–Crippen LogP) is 4.55. The molecule has 0 radical (unpaired) electrons. The van der Waals surface area contributed by atoms with Crippen LogP contribution in [0, 0.1) is 18.8 Å². The van der Waals surface area contributed by atoms with Crippen LogP contribution in [-0.4, -0.2) is 28.9 Å². The van der Waals surface area contributed by atoms with Crippen molar-refractivity contribution in [1.29, 1.82) is 0 Å². The number of hydrogen-bond acceptors (Lipinski definition) is 4. The fraction of sp³-hybridized carbons (Fsp3) is 0.429. The summed E-state index contributed by atoms with van der Waals surface area (Å²) in [5.74, 6) is 2.06. The first kappa shape index (κ1) is 18.6. The standard InChI is InChI=1S/C21H26N2O2S/c1-15-10-16(2)12-23(11-15)21(24)9-6-18-4-7-20(8-5-18)25-13-19-14-26-17(3)22-19/h4-9,14-16H,10-13H2,1-3H3/b9-6+/t15-,16-/m0/s1. The second kappa shape index (κ2) is 8.49. The van der Waals surface area contributed by atoms with Gasteiger partial charge in [-0.05, 0) is 49.0 Å². The summed E-state index contributed by atoms with van der Waals surface area (Å²) in [6.45, 7) is 8.61. The molecule has 4 nitrogen and oxygen atoms in total. The SMILES string of the molecule is Cc1nc(COc2ccc(/C=C/C(=O)N3C[C@@H](C)C[C@H](C)C3)cc2)cs1. The van der Waals surface area contributed by atoms with Gasteiger partial charge in [0, 0.05) is 24.5 Å². The third-order valence-electron chi connectivity index (χ3n) is 4.53. The van der Waals surface area contributed by atoms with E-state index in [4.69, 9.17) is 4.74 Å². The lowest BCUT2D eigenvalue weighted by atomic mass is 9.92. The summed E-state index contributed by atoms with van der Waals surface area (Å²) in [6, 6.07) is 7.78. The molecule has 1 saturated heterocycles. The van der Waals surface area contributed by atoms with Crippen molar-refractivity contribution in [2.75, 3.05) is 13.1 Å². The number of ether oxygens (including phenoxy) is 1. The fourth-order valence-corrected chi connectivity index (χ4v) is 4.02. The van der Waals surface area contributed by atoms with E-state index >= 15 is 0 Å². The summed E-state index contributed by atoms with van der Waals surface area (Å²) in [4.78, 5) is 18.7. The molecule has 0 bridgehead atoms. The van der Waals surface area contributed by atoms with Crippen LogP contribution in [0.2, 0.25) is 0 Å². The van der Waals surface area contributed by atoms with E-state index in [2.05, 4.69) is 18.8 Å². The van der Waals surface area contributed by atoms with Gasteiger partial charge in [0.1, 0.15) is 12.4 Å². The van der Waals surface area contributed by atoms with Crippen molar-refractivity contribution in [3.05, 3.63) is 52.0 Å². The van der Waals surface area contributed by atoms with Gasteiger partial charge in [0.25, 0.3) is 0 Å². The predicted molar refractivity (Wildman–Crippen MR) is 106 cm³/mol. The number of likely N-dealkylation sites (tertiary alicyclic amines) is 1. The van der Waals surface area contributed by atoms with Gasteiger partial charge < -0.3 is 9.64 Å². The third kappa shape index (κ3) is 5.18. The lowest BCUT2D eigenvalue weighted by molar-refractivity contribution is -0.128. The molecule has 138 valence electrons. The number of aryl methyl sites for hydroxylation is 1. The molecule has 0 N–H and O–H groups in total. The third-order valence-corrected chi connectivity index (χ3v) is 5.35. The maximum Gasteiger partial charge on any atom is 0.246 e. The lowest BCUT2D eigenvalue weighted by Gasteiger charge is -2.34. The molecule has 1 aromatic heterocycles. The van der Waals surface area contributed by atoms with Crippen LogP contribution in [0.1, 0.15) is 36.5 Å². The van der Waals surface area contributed by atoms with E-state index in [0.717, 1.165) is 35.1 Å². The molecule has 3 rings (SSSR count). The normalized spacial score (nSPS) is 20.5. The Bertz CT molecular complexity index is 757. The first-order valence-electron chi connectivity index (χ1n) is 9.10. The Morgan fingerprint density at radius 1 is 1.27 bits per heavy atom. The fourth-order valence-electron chi connectivity index (χ4n) is 3.42. The number of aromatic nitrogens is 1. The molecule has 26 heavy (non-hydrogen) atoms. The monoisotopic (exact) mass is 370 g/mol. The molecule has 1 aliphatic heterocycles. The largest absolute Gasteiger partial charge is 0.487 e. The van der Waals surface area contributed by atoms with E-state index in [-0.39, 0.29) is 5.91 Å². The van der Waals surface area contributed by atoms with Gasteiger partial charge in [-0.1, -0.05) is 26.0 Å². The van der Waals surface area contributed by atoms with E-state index in [9.17, 15) is 4.79 Å². The van der Waals surface area contributed by atoms with Gasteiger partial charge in [-0.25, -0.2) is 4.98 Å². The van der Waals surface area contributed by atoms with Gasteiger partial charge in [-0.15, -0.1) is 11.3 Å². The Morgan fingerprint density at radius 3 is 2.58 bits per heavy atom. The molecule has 1 aromatic carbocycles. The number of carbonyl (C=O) groups is 1. The van der Waals surface area contributed by atoms with Crippen molar-refractivity contribution < 1.29 is 9.53 Å². The zero-order valence-corrected chi connectivity index (χ0v) is 16.5. The van der Waals surface area contributed by atoms with Crippen LogP contribution in [0.25, 0.3) is 6.08 Å². The average Bonchev–Trinajstić information content (AvgIpc) is 3.03. The summed E-state index contributed by atoms with van der Waals surface area (Å²) >= 11 is 1.63. The number of nitrogens with zero attached hydrogens (tertiary/aromatic N) is 2. The second-order valence-electron chi connectivity index (χ2n) is 7.24. The van der Waals surface area contributed by atoms with Crippen LogP contribution in [0.5, 0.6) is 5.75 Å². The van der Waals surface area contributed by atoms with Gasteiger partial charge >= 0.3 is 0 Å². The van der Waals surface area contributed by atoms with Crippen molar-refractivity contribution in [2.45, 2.75) is 33.8 Å². The van der Waals surface area contributed by atoms with Crippen molar-refractivity contribution in [2.24, 2.45) is 11.8 Å². The van der Waals surface area contributed by atoms with Crippen molar-refractivity contribution in [3.63, 3.8) is 0 Å².